The van der Waals surface area contributed by atoms with Gasteiger partial charge in [0.2, 0.25) is 0 Å². The fourth-order valence-corrected chi connectivity index (χ4v) is 4.70. The maximum absolute atomic E-state index is 12.8. The number of aryl methyl sites for hydroxylation is 1. The number of anilines is 1. The molecule has 0 aliphatic carbocycles. The van der Waals surface area contributed by atoms with Crippen LogP contribution in [0.25, 0.3) is 9.88 Å². The molecule has 1 amide bonds. The average molecular weight is 415 g/mol. The Morgan fingerprint density at radius 2 is 1.96 bits per heavy atom. The molecule has 0 radical (unpaired) electrons. The summed E-state index contributed by atoms with van der Waals surface area (Å²) in [4.78, 5) is 18.8. The predicted molar refractivity (Wildman–Crippen MR) is 111 cm³/mol. The Balaban J connectivity index is 1.54. The minimum Gasteiger partial charge on any atom is -0.306 e. The number of carbonyl (C=O) groups excluding carboxylic acids is 1. The number of rotatable bonds is 5. The standard InChI is InChI=1S/C19H15ClN4OS2/c1-12-17(27-19(22-12)14-7-8-15(20)26-14)18(25)23-16-9-10-21-24(16)11-13-5-3-2-4-6-13/h2-10H,11H2,1H3,(H,23,25). The number of hydrogen-bond acceptors (Lipinski definition) is 5. The lowest BCUT2D eigenvalue weighted by Crippen LogP contribution is -2.16. The largest absolute Gasteiger partial charge is 0.306 e. The van der Waals surface area contributed by atoms with Crippen molar-refractivity contribution in [2.45, 2.75) is 13.5 Å². The van der Waals surface area contributed by atoms with Crippen molar-refractivity contribution in [2.24, 2.45) is 0 Å². The summed E-state index contributed by atoms with van der Waals surface area (Å²) in [6, 6.07) is 15.5. The molecule has 8 heteroatoms. The van der Waals surface area contributed by atoms with Crippen LogP contribution in [0.1, 0.15) is 20.9 Å². The van der Waals surface area contributed by atoms with Crippen molar-refractivity contribution in [3.63, 3.8) is 0 Å². The molecule has 27 heavy (non-hydrogen) atoms. The van der Waals surface area contributed by atoms with Crippen LogP contribution >= 0.6 is 34.3 Å². The summed E-state index contributed by atoms with van der Waals surface area (Å²) in [6.07, 6.45) is 1.68. The SMILES string of the molecule is Cc1nc(-c2ccc(Cl)s2)sc1C(=O)Nc1ccnn1Cc1ccccc1. The van der Waals surface area contributed by atoms with Crippen LogP contribution in [0.3, 0.4) is 0 Å². The summed E-state index contributed by atoms with van der Waals surface area (Å²) in [5.74, 6) is 0.464. The third kappa shape index (κ3) is 3.95. The third-order valence-electron chi connectivity index (χ3n) is 3.92. The van der Waals surface area contributed by atoms with Crippen molar-refractivity contribution >= 4 is 46.0 Å². The van der Waals surface area contributed by atoms with E-state index in [-0.39, 0.29) is 5.91 Å². The van der Waals surface area contributed by atoms with Gasteiger partial charge in [-0.1, -0.05) is 41.9 Å². The summed E-state index contributed by atoms with van der Waals surface area (Å²) >= 11 is 8.82. The summed E-state index contributed by atoms with van der Waals surface area (Å²) < 4.78 is 2.47. The predicted octanol–water partition coefficient (Wildman–Crippen LogP) is 5.33. The Hall–Kier alpha value is -2.48. The van der Waals surface area contributed by atoms with Gasteiger partial charge in [-0.25, -0.2) is 9.67 Å². The maximum atomic E-state index is 12.8. The first-order valence-corrected chi connectivity index (χ1v) is 10.2. The quantitative estimate of drug-likeness (QED) is 0.480. The van der Waals surface area contributed by atoms with Gasteiger partial charge in [-0.05, 0) is 24.6 Å². The molecule has 4 aromatic rings. The van der Waals surface area contributed by atoms with E-state index in [0.29, 0.717) is 27.3 Å². The molecule has 0 saturated carbocycles. The normalized spacial score (nSPS) is 10.9. The van der Waals surface area contributed by atoms with E-state index in [1.807, 2.05) is 49.4 Å². The lowest BCUT2D eigenvalue weighted by molar-refractivity contribution is 0.102. The van der Waals surface area contributed by atoms with Gasteiger partial charge in [0.1, 0.15) is 15.7 Å². The number of hydrogen-bond donors (Lipinski definition) is 1. The average Bonchev–Trinajstić information content (AvgIpc) is 3.37. The number of nitrogens with one attached hydrogen (secondary N) is 1. The molecule has 0 bridgehead atoms. The van der Waals surface area contributed by atoms with Crippen molar-refractivity contribution in [3.05, 3.63) is 75.2 Å². The van der Waals surface area contributed by atoms with Crippen molar-refractivity contribution in [2.75, 3.05) is 5.32 Å². The van der Waals surface area contributed by atoms with Gasteiger partial charge in [0.25, 0.3) is 5.91 Å². The molecule has 3 heterocycles. The van der Waals surface area contributed by atoms with Crippen LogP contribution < -0.4 is 5.32 Å². The van der Waals surface area contributed by atoms with Gasteiger partial charge >= 0.3 is 0 Å². The number of aromatic nitrogens is 3. The van der Waals surface area contributed by atoms with Crippen LogP contribution in [0, 0.1) is 6.92 Å². The van der Waals surface area contributed by atoms with E-state index in [9.17, 15) is 4.79 Å². The molecular weight excluding hydrogens is 400 g/mol. The van der Waals surface area contributed by atoms with E-state index in [1.54, 1.807) is 16.9 Å². The minimum absolute atomic E-state index is 0.186. The van der Waals surface area contributed by atoms with Crippen LogP contribution in [-0.4, -0.2) is 20.7 Å². The second-order valence-corrected chi connectivity index (χ2v) is 8.57. The molecule has 0 atom stereocenters. The first-order valence-electron chi connectivity index (χ1n) is 8.20. The van der Waals surface area contributed by atoms with Crippen molar-refractivity contribution in [1.82, 2.24) is 14.8 Å². The fraction of sp³-hybridized carbons (Fsp3) is 0.105. The smallest absolute Gasteiger partial charge is 0.268 e. The van der Waals surface area contributed by atoms with Crippen molar-refractivity contribution in [1.29, 1.82) is 0 Å². The second kappa shape index (κ2) is 7.64. The highest BCUT2D eigenvalue weighted by molar-refractivity contribution is 7.24. The molecule has 0 unspecified atom stereocenters. The molecular formula is C19H15ClN4OS2. The number of thiophene rings is 1. The third-order valence-corrected chi connectivity index (χ3v) is 6.48. The Labute approximate surface area is 169 Å². The highest BCUT2D eigenvalue weighted by Crippen LogP contribution is 2.35. The van der Waals surface area contributed by atoms with Crippen LogP contribution in [0.15, 0.2) is 54.7 Å². The highest BCUT2D eigenvalue weighted by atomic mass is 35.5. The highest BCUT2D eigenvalue weighted by Gasteiger charge is 2.18. The molecule has 0 fully saturated rings. The lowest BCUT2D eigenvalue weighted by atomic mass is 10.2. The maximum Gasteiger partial charge on any atom is 0.268 e. The number of nitrogens with zero attached hydrogens (tertiary/aromatic N) is 3. The van der Waals surface area contributed by atoms with Gasteiger partial charge in [-0.15, -0.1) is 22.7 Å². The second-order valence-electron chi connectivity index (χ2n) is 5.85. The van der Waals surface area contributed by atoms with Crippen molar-refractivity contribution < 1.29 is 4.79 Å². The number of benzene rings is 1. The molecule has 4 rings (SSSR count). The summed E-state index contributed by atoms with van der Waals surface area (Å²) in [7, 11) is 0. The van der Waals surface area contributed by atoms with E-state index >= 15 is 0 Å². The summed E-state index contributed by atoms with van der Waals surface area (Å²) in [5.41, 5.74) is 1.81. The number of halogens is 1. The van der Waals surface area contributed by atoms with Crippen LogP contribution in [0.5, 0.6) is 0 Å². The Morgan fingerprint density at radius 1 is 1.15 bits per heavy atom. The van der Waals surface area contributed by atoms with Gasteiger partial charge in [-0.2, -0.15) is 5.10 Å². The summed E-state index contributed by atoms with van der Waals surface area (Å²) in [5, 5.41) is 8.06. The first kappa shape index (κ1) is 17.9. The zero-order chi connectivity index (χ0) is 18.8. The van der Waals surface area contributed by atoms with Gasteiger partial charge in [0, 0.05) is 6.07 Å². The fourth-order valence-electron chi connectivity index (χ4n) is 2.64. The van der Waals surface area contributed by atoms with Gasteiger partial charge in [0.15, 0.2) is 0 Å². The number of thiazole rings is 1. The van der Waals surface area contributed by atoms with E-state index in [1.165, 1.54) is 22.7 Å². The molecule has 0 spiro atoms. The Kier molecular flexibility index (Phi) is 5.07. The number of amides is 1. The van der Waals surface area contributed by atoms with E-state index < -0.39 is 0 Å². The van der Waals surface area contributed by atoms with Gasteiger partial charge < -0.3 is 5.32 Å². The Morgan fingerprint density at radius 3 is 2.70 bits per heavy atom. The van der Waals surface area contributed by atoms with Crippen LogP contribution in [0.4, 0.5) is 5.82 Å². The number of carbonyl (C=O) groups is 1. The zero-order valence-corrected chi connectivity index (χ0v) is 16.7. The summed E-state index contributed by atoms with van der Waals surface area (Å²) in [6.45, 7) is 2.43. The Bertz CT molecular complexity index is 1080. The van der Waals surface area contributed by atoms with Gasteiger partial charge in [0.05, 0.1) is 27.6 Å². The van der Waals surface area contributed by atoms with Crippen LogP contribution in [-0.2, 0) is 6.54 Å². The molecule has 1 N–H and O–H groups in total. The molecule has 3 aromatic heterocycles. The van der Waals surface area contributed by atoms with E-state index in [4.69, 9.17) is 11.6 Å². The molecule has 0 aliphatic heterocycles. The lowest BCUT2D eigenvalue weighted by Gasteiger charge is -2.08. The molecule has 0 aliphatic rings. The van der Waals surface area contributed by atoms with Gasteiger partial charge in [-0.3, -0.25) is 4.79 Å². The minimum atomic E-state index is -0.186. The topological polar surface area (TPSA) is 59.8 Å². The molecule has 5 nitrogen and oxygen atoms in total. The van der Waals surface area contributed by atoms with E-state index in [0.717, 1.165) is 15.4 Å². The van der Waals surface area contributed by atoms with E-state index in [2.05, 4.69) is 15.4 Å². The van der Waals surface area contributed by atoms with Crippen molar-refractivity contribution in [3.8, 4) is 9.88 Å². The first-order chi connectivity index (χ1) is 13.1. The molecule has 1 aromatic carbocycles. The van der Waals surface area contributed by atoms with Crippen LogP contribution in [0.2, 0.25) is 4.34 Å². The molecule has 0 saturated heterocycles. The molecule has 136 valence electrons. The zero-order valence-electron chi connectivity index (χ0n) is 14.3. The monoisotopic (exact) mass is 414 g/mol.